The van der Waals surface area contributed by atoms with Crippen molar-refractivity contribution in [1.82, 2.24) is 13.9 Å². The molecule has 2 aromatic rings. The number of anilines is 1. The predicted octanol–water partition coefficient (Wildman–Crippen LogP) is 5.45. The number of rotatable bonds is 8. The van der Waals surface area contributed by atoms with Crippen molar-refractivity contribution in [2.24, 2.45) is 23.0 Å². The third-order valence-corrected chi connectivity index (χ3v) is 10.7. The van der Waals surface area contributed by atoms with Gasteiger partial charge in [0.1, 0.15) is 5.82 Å². The van der Waals surface area contributed by atoms with Crippen LogP contribution in [0.2, 0.25) is 0 Å². The Hall–Kier alpha value is -2.27. The van der Waals surface area contributed by atoms with E-state index in [1.807, 2.05) is 19.9 Å². The number of imidazole rings is 1. The quantitative estimate of drug-likeness (QED) is 0.448. The van der Waals surface area contributed by atoms with E-state index >= 15 is 0 Å². The number of fused-ring (bicyclic) bond motifs is 1. The van der Waals surface area contributed by atoms with Gasteiger partial charge in [-0.3, -0.25) is 9.10 Å². The van der Waals surface area contributed by atoms with Gasteiger partial charge in [-0.05, 0) is 62.1 Å². The zero-order valence-corrected chi connectivity index (χ0v) is 25.5. The maximum absolute atomic E-state index is 13.7. The van der Waals surface area contributed by atoms with Gasteiger partial charge in [0.2, 0.25) is 11.8 Å². The van der Waals surface area contributed by atoms with E-state index in [1.165, 1.54) is 8.61 Å². The van der Waals surface area contributed by atoms with Crippen LogP contribution in [0.25, 0.3) is 11.0 Å². The number of carbonyl (C=O) groups is 1. The molecule has 2 N–H and O–H groups in total. The lowest BCUT2D eigenvalue weighted by Gasteiger charge is -2.36. The predicted molar refractivity (Wildman–Crippen MR) is 155 cm³/mol. The first-order chi connectivity index (χ1) is 18.4. The molecule has 1 aliphatic heterocycles. The van der Waals surface area contributed by atoms with Crippen molar-refractivity contribution in [3.8, 4) is 0 Å². The van der Waals surface area contributed by atoms with E-state index in [0.717, 1.165) is 11.3 Å². The number of aromatic nitrogens is 2. The number of carbonyl (C=O) groups excluding carboxylic acids is 1. The van der Waals surface area contributed by atoms with Gasteiger partial charge >= 0.3 is 10.2 Å². The minimum absolute atomic E-state index is 0.0812. The average Bonchev–Trinajstić information content (AvgIpc) is 3.23. The van der Waals surface area contributed by atoms with Gasteiger partial charge < -0.3 is 10.3 Å². The van der Waals surface area contributed by atoms with Gasteiger partial charge in [0.05, 0.1) is 16.7 Å². The molecule has 2 heterocycles. The lowest BCUT2D eigenvalue weighted by molar-refractivity contribution is -0.127. The lowest BCUT2D eigenvalue weighted by atomic mass is 9.79. The Morgan fingerprint density at radius 1 is 1.07 bits per heavy atom. The molecule has 1 saturated carbocycles. The summed E-state index contributed by atoms with van der Waals surface area (Å²) >= 11 is 0. The van der Waals surface area contributed by atoms with Crippen LogP contribution in [-0.2, 0) is 27.0 Å². The fourth-order valence-electron chi connectivity index (χ4n) is 6.08. The van der Waals surface area contributed by atoms with Gasteiger partial charge in [0, 0.05) is 50.4 Å². The number of nitrogens with zero attached hydrogens (tertiary/aromatic N) is 4. The van der Waals surface area contributed by atoms with E-state index in [-0.39, 0.29) is 36.0 Å². The zero-order valence-electron chi connectivity index (χ0n) is 24.7. The van der Waals surface area contributed by atoms with Crippen LogP contribution in [0.4, 0.5) is 14.5 Å². The second-order valence-corrected chi connectivity index (χ2v) is 15.5. The van der Waals surface area contributed by atoms with Gasteiger partial charge in [-0.2, -0.15) is 12.7 Å². The van der Waals surface area contributed by atoms with Crippen LogP contribution in [0.1, 0.15) is 85.4 Å². The number of primary amides is 1. The molecular weight excluding hydrogens is 536 g/mol. The van der Waals surface area contributed by atoms with Crippen LogP contribution in [0.15, 0.2) is 18.2 Å². The van der Waals surface area contributed by atoms with Crippen molar-refractivity contribution in [2.75, 3.05) is 24.4 Å². The Morgan fingerprint density at radius 2 is 1.68 bits per heavy atom. The molecule has 8 nitrogen and oxygen atoms in total. The standard InChI is InChI=1S/C29H45F2N5O3S/c1-27(2,3)26-33-23-17-22(7-8-24(23)36(26)19-21-9-13-29(30,31)14-10-21)34(6)40(38,39)35-15-11-20(12-16-35)18-28(4,5)25(32)37/h7-8,17,20-21H,9-16,18-19H2,1-6H3,(H2,32,37). The van der Waals surface area contributed by atoms with E-state index in [2.05, 4.69) is 25.3 Å². The molecule has 1 aromatic heterocycles. The first-order valence-electron chi connectivity index (χ1n) is 14.3. The summed E-state index contributed by atoms with van der Waals surface area (Å²) in [6.07, 6.45) is 2.79. The van der Waals surface area contributed by atoms with Crippen LogP contribution in [-0.4, -0.2) is 54.2 Å². The second kappa shape index (κ2) is 10.9. The van der Waals surface area contributed by atoms with Crippen LogP contribution >= 0.6 is 0 Å². The van der Waals surface area contributed by atoms with E-state index in [0.29, 0.717) is 62.9 Å². The fraction of sp³-hybridized carbons (Fsp3) is 0.724. The van der Waals surface area contributed by atoms with Crippen LogP contribution < -0.4 is 10.0 Å². The van der Waals surface area contributed by atoms with E-state index in [4.69, 9.17) is 10.7 Å². The highest BCUT2D eigenvalue weighted by atomic mass is 32.2. The largest absolute Gasteiger partial charge is 0.369 e. The summed E-state index contributed by atoms with van der Waals surface area (Å²) in [6, 6.07) is 5.49. The van der Waals surface area contributed by atoms with Gasteiger partial charge in [0.25, 0.3) is 0 Å². The summed E-state index contributed by atoms with van der Waals surface area (Å²) in [5.74, 6) is -1.65. The highest BCUT2D eigenvalue weighted by Crippen LogP contribution is 2.39. The molecule has 1 aromatic carbocycles. The minimum atomic E-state index is -3.76. The summed E-state index contributed by atoms with van der Waals surface area (Å²) in [6.45, 7) is 11.3. The smallest absolute Gasteiger partial charge is 0.303 e. The summed E-state index contributed by atoms with van der Waals surface area (Å²) < 4.78 is 59.6. The molecule has 0 unspecified atom stereocenters. The number of nitrogens with two attached hydrogens (primary N) is 1. The molecule has 40 heavy (non-hydrogen) atoms. The first-order valence-corrected chi connectivity index (χ1v) is 15.7. The molecule has 2 fully saturated rings. The molecule has 1 saturated heterocycles. The number of halogens is 2. The molecular formula is C29H45F2N5O3S. The van der Waals surface area contributed by atoms with E-state index in [9.17, 15) is 22.0 Å². The Balaban J connectivity index is 1.53. The van der Waals surface area contributed by atoms with Crippen LogP contribution in [0, 0.1) is 17.3 Å². The molecule has 2 aliphatic rings. The molecule has 4 rings (SSSR count). The first kappa shape index (κ1) is 30.7. The molecule has 0 radical (unpaired) electrons. The average molecular weight is 582 g/mol. The van der Waals surface area contributed by atoms with Crippen molar-refractivity contribution in [3.63, 3.8) is 0 Å². The number of amides is 1. The number of benzene rings is 1. The molecule has 0 atom stereocenters. The van der Waals surface area contributed by atoms with Crippen molar-refractivity contribution in [3.05, 3.63) is 24.0 Å². The summed E-state index contributed by atoms with van der Waals surface area (Å²) in [7, 11) is -2.21. The van der Waals surface area contributed by atoms with Crippen molar-refractivity contribution in [2.45, 2.75) is 97.4 Å². The Morgan fingerprint density at radius 3 is 2.23 bits per heavy atom. The van der Waals surface area contributed by atoms with Gasteiger partial charge in [-0.15, -0.1) is 0 Å². The van der Waals surface area contributed by atoms with E-state index < -0.39 is 21.5 Å². The third-order valence-electron chi connectivity index (χ3n) is 8.76. The normalized spacial score (nSPS) is 20.2. The third kappa shape index (κ3) is 6.45. The Kier molecular flexibility index (Phi) is 8.33. The number of hydrogen-bond donors (Lipinski definition) is 1. The Labute approximate surface area is 237 Å². The highest BCUT2D eigenvalue weighted by Gasteiger charge is 2.37. The second-order valence-electron chi connectivity index (χ2n) is 13.5. The fourth-order valence-corrected chi connectivity index (χ4v) is 7.48. The number of hydrogen-bond acceptors (Lipinski definition) is 4. The maximum atomic E-state index is 13.7. The lowest BCUT2D eigenvalue weighted by Crippen LogP contribution is -2.46. The van der Waals surface area contributed by atoms with Crippen molar-refractivity contribution >= 4 is 32.8 Å². The zero-order chi connectivity index (χ0) is 29.7. The van der Waals surface area contributed by atoms with Gasteiger partial charge in [-0.1, -0.05) is 34.6 Å². The summed E-state index contributed by atoms with van der Waals surface area (Å²) in [4.78, 5) is 16.6. The molecule has 11 heteroatoms. The summed E-state index contributed by atoms with van der Waals surface area (Å²) in [5.41, 5.74) is 6.74. The summed E-state index contributed by atoms with van der Waals surface area (Å²) in [5, 5.41) is 0. The monoisotopic (exact) mass is 581 g/mol. The van der Waals surface area contributed by atoms with Crippen LogP contribution in [0.3, 0.4) is 0 Å². The van der Waals surface area contributed by atoms with Gasteiger partial charge in [0.15, 0.2) is 0 Å². The highest BCUT2D eigenvalue weighted by molar-refractivity contribution is 7.90. The SMILES string of the molecule is CN(c1ccc2c(c1)nc(C(C)(C)C)n2CC1CCC(F)(F)CC1)S(=O)(=O)N1CCC(CC(C)(C)C(N)=O)CC1. The van der Waals surface area contributed by atoms with E-state index in [1.54, 1.807) is 19.2 Å². The Bertz CT molecular complexity index is 1330. The molecule has 1 amide bonds. The van der Waals surface area contributed by atoms with Gasteiger partial charge in [-0.25, -0.2) is 13.8 Å². The maximum Gasteiger partial charge on any atom is 0.303 e. The van der Waals surface area contributed by atoms with Crippen molar-refractivity contribution in [1.29, 1.82) is 0 Å². The van der Waals surface area contributed by atoms with Crippen molar-refractivity contribution < 1.29 is 22.0 Å². The number of piperidine rings is 1. The van der Waals surface area contributed by atoms with Crippen LogP contribution in [0.5, 0.6) is 0 Å². The number of alkyl halides is 2. The minimum Gasteiger partial charge on any atom is -0.369 e. The molecule has 224 valence electrons. The topological polar surface area (TPSA) is 102 Å². The molecule has 1 aliphatic carbocycles. The molecule has 0 bridgehead atoms. The molecule has 0 spiro atoms.